The molecule has 1 saturated heterocycles. The van der Waals surface area contributed by atoms with Gasteiger partial charge in [0, 0.05) is 30.7 Å². The predicted octanol–water partition coefficient (Wildman–Crippen LogP) is 2.09. The second-order valence-electron chi connectivity index (χ2n) is 10.7. The highest BCUT2D eigenvalue weighted by Gasteiger charge is 2.41. The maximum absolute atomic E-state index is 13.9. The average molecular weight is 567 g/mol. The van der Waals surface area contributed by atoms with E-state index < -0.39 is 59.9 Å². The molecule has 4 N–H and O–H groups in total. The SMILES string of the molecule is CO[C@@H](C(=O)NC1CSC2C=CC=CC2N(Cc2cc(F)cc(F)c2)C1=O)[C@H](O)[C@@H](O)[C@H](O)/C=C/C(C)(C)C. The van der Waals surface area contributed by atoms with Gasteiger partial charge in [-0.05, 0) is 23.1 Å². The standard InChI is InChI=1S/C28H36F2N2O6S/c1-28(2,3)10-9-21(33)23(34)24(35)25(38-4)26(36)31-19-15-39-22-8-6-5-7-20(22)32(27(19)37)14-16-11-17(29)13-18(30)12-16/h5-13,19-25,33-35H,14-15H2,1-4H3,(H,31,36)/b10-9+/t19?,20?,21-,22?,23+,24-,25-/m1/s1. The fourth-order valence-corrected chi connectivity index (χ4v) is 5.64. The summed E-state index contributed by atoms with van der Waals surface area (Å²) in [6, 6.07) is 1.57. The van der Waals surface area contributed by atoms with Gasteiger partial charge in [-0.1, -0.05) is 57.2 Å². The van der Waals surface area contributed by atoms with Crippen molar-refractivity contribution >= 4 is 23.6 Å². The molecular formula is C28H36F2N2O6S. The Kier molecular flexibility index (Phi) is 10.5. The van der Waals surface area contributed by atoms with Crippen LogP contribution >= 0.6 is 11.8 Å². The second kappa shape index (κ2) is 13.2. The molecule has 0 radical (unpaired) electrons. The molecule has 1 aromatic rings. The van der Waals surface area contributed by atoms with E-state index in [9.17, 15) is 33.7 Å². The second-order valence-corrected chi connectivity index (χ2v) is 11.9. The molecule has 1 fully saturated rings. The number of rotatable bonds is 9. The number of thioether (sulfide) groups is 1. The number of carbonyl (C=O) groups excluding carboxylic acids is 2. The first kappa shape index (κ1) is 31.0. The van der Waals surface area contributed by atoms with Crippen LogP contribution in [0, 0.1) is 17.0 Å². The molecule has 3 unspecified atom stereocenters. The minimum atomic E-state index is -1.80. The molecule has 39 heavy (non-hydrogen) atoms. The summed E-state index contributed by atoms with van der Waals surface area (Å²) >= 11 is 1.42. The van der Waals surface area contributed by atoms with Gasteiger partial charge in [0.1, 0.15) is 36.0 Å². The molecule has 0 spiro atoms. The molecule has 214 valence electrons. The Morgan fingerprint density at radius 1 is 1.15 bits per heavy atom. The number of aliphatic hydroxyl groups is 3. The van der Waals surface area contributed by atoms with Crippen LogP contribution in [0.1, 0.15) is 26.3 Å². The molecule has 1 aliphatic heterocycles. The lowest BCUT2D eigenvalue weighted by atomic mass is 9.94. The normalized spacial score (nSPS) is 24.7. The van der Waals surface area contributed by atoms with Crippen LogP contribution in [0.4, 0.5) is 8.78 Å². The quantitative estimate of drug-likeness (QED) is 0.338. The first-order chi connectivity index (χ1) is 18.3. The highest BCUT2D eigenvalue weighted by Crippen LogP contribution is 2.31. The minimum absolute atomic E-state index is 0.0961. The van der Waals surface area contributed by atoms with Gasteiger partial charge in [-0.15, -0.1) is 11.8 Å². The van der Waals surface area contributed by atoms with Crippen molar-refractivity contribution in [1.29, 1.82) is 0 Å². The van der Waals surface area contributed by atoms with Crippen molar-refractivity contribution in [3.8, 4) is 0 Å². The molecule has 0 saturated carbocycles. The minimum Gasteiger partial charge on any atom is -0.387 e. The van der Waals surface area contributed by atoms with Gasteiger partial charge in [0.25, 0.3) is 5.91 Å². The van der Waals surface area contributed by atoms with Crippen LogP contribution in [0.5, 0.6) is 0 Å². The lowest BCUT2D eigenvalue weighted by Crippen LogP contribution is -2.57. The maximum Gasteiger partial charge on any atom is 0.252 e. The van der Waals surface area contributed by atoms with Crippen LogP contribution in [-0.2, 0) is 20.9 Å². The van der Waals surface area contributed by atoms with Crippen molar-refractivity contribution in [2.45, 2.75) is 69.1 Å². The van der Waals surface area contributed by atoms with Gasteiger partial charge in [0.2, 0.25) is 5.91 Å². The van der Waals surface area contributed by atoms with Gasteiger partial charge in [-0.2, -0.15) is 0 Å². The van der Waals surface area contributed by atoms with Crippen LogP contribution in [0.2, 0.25) is 0 Å². The Bertz CT molecular complexity index is 1100. The summed E-state index contributed by atoms with van der Waals surface area (Å²) < 4.78 is 32.9. The van der Waals surface area contributed by atoms with Crippen LogP contribution in [0.25, 0.3) is 0 Å². The number of aliphatic hydroxyl groups excluding tert-OH is 3. The molecule has 8 nitrogen and oxygen atoms in total. The number of ether oxygens (including phenoxy) is 1. The molecule has 11 heteroatoms. The average Bonchev–Trinajstić information content (AvgIpc) is 2.98. The fraction of sp³-hybridized carbons (Fsp3) is 0.500. The Hall–Kier alpha value is -2.57. The molecule has 2 aliphatic rings. The van der Waals surface area contributed by atoms with Gasteiger partial charge in [0.05, 0.1) is 6.04 Å². The summed E-state index contributed by atoms with van der Waals surface area (Å²) in [6.45, 7) is 5.58. The first-order valence-corrected chi connectivity index (χ1v) is 13.6. The smallest absolute Gasteiger partial charge is 0.252 e. The van der Waals surface area contributed by atoms with Crippen molar-refractivity contribution < 1.29 is 38.4 Å². The number of benzene rings is 1. The van der Waals surface area contributed by atoms with Crippen LogP contribution in [0.3, 0.4) is 0 Å². The maximum atomic E-state index is 13.9. The van der Waals surface area contributed by atoms with E-state index in [1.807, 2.05) is 39.0 Å². The Morgan fingerprint density at radius 2 is 1.79 bits per heavy atom. The lowest BCUT2D eigenvalue weighted by Gasteiger charge is -2.34. The zero-order valence-corrected chi connectivity index (χ0v) is 23.1. The van der Waals surface area contributed by atoms with Gasteiger partial charge in [-0.25, -0.2) is 8.78 Å². The van der Waals surface area contributed by atoms with E-state index >= 15 is 0 Å². The molecule has 0 bridgehead atoms. The number of nitrogens with zero attached hydrogens (tertiary/aromatic N) is 1. The number of allylic oxidation sites excluding steroid dienone is 3. The fourth-order valence-electron chi connectivity index (χ4n) is 4.36. The lowest BCUT2D eigenvalue weighted by molar-refractivity contribution is -0.151. The zero-order valence-electron chi connectivity index (χ0n) is 22.3. The summed E-state index contributed by atoms with van der Waals surface area (Å²) in [4.78, 5) is 28.3. The van der Waals surface area contributed by atoms with Gasteiger partial charge < -0.3 is 30.3 Å². The largest absolute Gasteiger partial charge is 0.387 e. The number of hydrogen-bond acceptors (Lipinski definition) is 7. The van der Waals surface area contributed by atoms with E-state index in [2.05, 4.69) is 5.32 Å². The Morgan fingerprint density at radius 3 is 2.41 bits per heavy atom. The van der Waals surface area contributed by atoms with Crippen LogP contribution in [0.15, 0.2) is 54.7 Å². The van der Waals surface area contributed by atoms with Crippen molar-refractivity contribution in [3.05, 3.63) is 71.9 Å². The van der Waals surface area contributed by atoms with E-state index in [0.717, 1.165) is 25.3 Å². The first-order valence-electron chi connectivity index (χ1n) is 12.6. The van der Waals surface area contributed by atoms with Crippen LogP contribution < -0.4 is 5.32 Å². The van der Waals surface area contributed by atoms with Gasteiger partial charge in [-0.3, -0.25) is 9.59 Å². The number of fused-ring (bicyclic) bond motifs is 1. The third-order valence-corrected chi connectivity index (χ3v) is 7.71. The highest BCUT2D eigenvalue weighted by molar-refractivity contribution is 8.00. The third kappa shape index (κ3) is 8.21. The van der Waals surface area contributed by atoms with E-state index in [4.69, 9.17) is 4.74 Å². The van der Waals surface area contributed by atoms with E-state index in [0.29, 0.717) is 0 Å². The highest BCUT2D eigenvalue weighted by atomic mass is 32.2. The van der Waals surface area contributed by atoms with Crippen molar-refractivity contribution in [1.82, 2.24) is 10.2 Å². The molecule has 1 heterocycles. The van der Waals surface area contributed by atoms with Crippen molar-refractivity contribution in [2.24, 2.45) is 5.41 Å². The number of nitrogens with one attached hydrogen (secondary N) is 1. The zero-order chi connectivity index (χ0) is 28.9. The Balaban J connectivity index is 1.79. The molecule has 1 aromatic carbocycles. The third-order valence-electron chi connectivity index (χ3n) is 6.36. The van der Waals surface area contributed by atoms with Crippen LogP contribution in [-0.4, -0.2) is 86.6 Å². The van der Waals surface area contributed by atoms with Gasteiger partial charge >= 0.3 is 0 Å². The molecular weight excluding hydrogens is 530 g/mol. The topological polar surface area (TPSA) is 119 Å². The number of methoxy groups -OCH3 is 1. The molecule has 0 aromatic heterocycles. The number of halogens is 2. The Labute approximate surface area is 231 Å². The summed E-state index contributed by atoms with van der Waals surface area (Å²) in [5, 5.41) is 33.8. The molecule has 1 aliphatic carbocycles. The van der Waals surface area contributed by atoms with Crippen molar-refractivity contribution in [3.63, 3.8) is 0 Å². The van der Waals surface area contributed by atoms with Gasteiger partial charge in [0.15, 0.2) is 6.10 Å². The predicted molar refractivity (Wildman–Crippen MR) is 145 cm³/mol. The number of carbonyl (C=O) groups is 2. The van der Waals surface area contributed by atoms with E-state index in [-0.39, 0.29) is 28.5 Å². The number of hydrogen-bond donors (Lipinski definition) is 4. The van der Waals surface area contributed by atoms with E-state index in [1.54, 1.807) is 12.2 Å². The summed E-state index contributed by atoms with van der Waals surface area (Å²) in [6.07, 6.45) is 3.75. The monoisotopic (exact) mass is 566 g/mol. The molecule has 7 atom stereocenters. The molecule has 3 rings (SSSR count). The summed E-state index contributed by atoms with van der Waals surface area (Å²) in [5.74, 6) is -2.69. The number of amides is 2. The van der Waals surface area contributed by atoms with Crippen molar-refractivity contribution in [2.75, 3.05) is 12.9 Å². The summed E-state index contributed by atoms with van der Waals surface area (Å²) in [7, 11) is 1.16. The summed E-state index contributed by atoms with van der Waals surface area (Å²) in [5.41, 5.74) is -0.0310. The molecule has 2 amide bonds. The van der Waals surface area contributed by atoms with E-state index in [1.165, 1.54) is 22.7 Å².